The van der Waals surface area contributed by atoms with Crippen LogP contribution < -0.4 is 10.0 Å². The van der Waals surface area contributed by atoms with Gasteiger partial charge in [-0.15, -0.1) is 0 Å². The molecule has 0 atom stereocenters. The average molecular weight is 342 g/mol. The van der Waals surface area contributed by atoms with Gasteiger partial charge in [-0.2, -0.15) is 0 Å². The Hall–Kier alpha value is -3.00. The van der Waals surface area contributed by atoms with Crippen LogP contribution in [0.4, 0.5) is 5.69 Å². The molecule has 1 heterocycles. The molecule has 0 fully saturated rings. The molecule has 0 radical (unpaired) electrons. The molecule has 24 heavy (non-hydrogen) atoms. The van der Waals surface area contributed by atoms with Crippen LogP contribution >= 0.6 is 0 Å². The largest absolute Gasteiger partial charge is 0.355 e. The zero-order chi connectivity index (χ0) is 17.2. The van der Waals surface area contributed by atoms with Crippen LogP contribution in [0.1, 0.15) is 10.4 Å². The highest BCUT2D eigenvalue weighted by Crippen LogP contribution is 2.24. The first kappa shape index (κ1) is 15.9. The van der Waals surface area contributed by atoms with Crippen molar-refractivity contribution in [2.24, 2.45) is 0 Å². The molecule has 7 nitrogen and oxygen atoms in total. The molecule has 0 aliphatic rings. The smallest absolute Gasteiger partial charge is 0.264 e. The number of anilines is 1. The summed E-state index contributed by atoms with van der Waals surface area (Å²) in [4.78, 5) is 20.1. The molecule has 1 amide bonds. The third-order valence-corrected chi connectivity index (χ3v) is 4.79. The molecule has 2 N–H and O–H groups in total. The van der Waals surface area contributed by atoms with Crippen LogP contribution in [-0.2, 0) is 10.0 Å². The third-order valence-electron chi connectivity index (χ3n) is 3.39. The van der Waals surface area contributed by atoms with E-state index >= 15 is 0 Å². The topological polar surface area (TPSA) is 101 Å². The van der Waals surface area contributed by atoms with Gasteiger partial charge in [-0.1, -0.05) is 18.2 Å². The van der Waals surface area contributed by atoms with E-state index in [9.17, 15) is 13.2 Å². The molecule has 0 spiro atoms. The Morgan fingerprint density at radius 3 is 2.54 bits per heavy atom. The minimum atomic E-state index is -3.94. The minimum Gasteiger partial charge on any atom is -0.355 e. The van der Waals surface area contributed by atoms with Gasteiger partial charge in [-0.3, -0.25) is 19.5 Å². The molecule has 0 saturated carbocycles. The number of aromatic nitrogens is 2. The highest BCUT2D eigenvalue weighted by atomic mass is 32.2. The minimum absolute atomic E-state index is 0.000176. The fourth-order valence-corrected chi connectivity index (χ4v) is 3.53. The summed E-state index contributed by atoms with van der Waals surface area (Å²) in [5, 5.41) is 2.48. The second kappa shape index (κ2) is 6.25. The van der Waals surface area contributed by atoms with Crippen molar-refractivity contribution in [1.29, 1.82) is 0 Å². The Balaban J connectivity index is 2.08. The number of carbonyl (C=O) groups is 1. The van der Waals surface area contributed by atoms with E-state index in [-0.39, 0.29) is 27.6 Å². The van der Waals surface area contributed by atoms with Crippen molar-refractivity contribution >= 4 is 32.7 Å². The number of carbonyl (C=O) groups excluding carboxylic acids is 1. The molecule has 1 aromatic heterocycles. The predicted molar refractivity (Wildman–Crippen MR) is 90.2 cm³/mol. The highest BCUT2D eigenvalue weighted by molar-refractivity contribution is 7.93. The molecule has 2 aromatic carbocycles. The highest BCUT2D eigenvalue weighted by Gasteiger charge is 2.21. The maximum Gasteiger partial charge on any atom is 0.264 e. The van der Waals surface area contributed by atoms with Crippen LogP contribution in [0, 0.1) is 0 Å². The summed E-state index contributed by atoms with van der Waals surface area (Å²) in [6, 6.07) is 11.1. The number of sulfonamides is 1. The van der Waals surface area contributed by atoms with Gasteiger partial charge < -0.3 is 5.32 Å². The number of para-hydroxylation sites is 2. The number of rotatable bonds is 4. The SMILES string of the molecule is CNC(=O)c1ccccc1NS(=O)(=O)c1cccc2nccnc12. The number of benzene rings is 2. The van der Waals surface area contributed by atoms with Gasteiger partial charge in [0.05, 0.1) is 16.8 Å². The lowest BCUT2D eigenvalue weighted by atomic mass is 10.2. The summed E-state index contributed by atoms with van der Waals surface area (Å²) in [6.07, 6.45) is 2.92. The molecular formula is C16H14N4O3S. The third kappa shape index (κ3) is 2.91. The van der Waals surface area contributed by atoms with E-state index in [1.807, 2.05) is 0 Å². The van der Waals surface area contributed by atoms with Crippen LogP contribution in [0.5, 0.6) is 0 Å². The van der Waals surface area contributed by atoms with E-state index < -0.39 is 10.0 Å². The number of nitrogens with zero attached hydrogens (tertiary/aromatic N) is 2. The second-order valence-electron chi connectivity index (χ2n) is 4.91. The van der Waals surface area contributed by atoms with Gasteiger partial charge in [-0.25, -0.2) is 8.42 Å². The zero-order valence-corrected chi connectivity index (χ0v) is 13.5. The summed E-state index contributed by atoms with van der Waals surface area (Å²) >= 11 is 0. The predicted octanol–water partition coefficient (Wildman–Crippen LogP) is 1.79. The summed E-state index contributed by atoms with van der Waals surface area (Å²) < 4.78 is 28.0. The summed E-state index contributed by atoms with van der Waals surface area (Å²) in [7, 11) is -2.46. The van der Waals surface area contributed by atoms with Crippen molar-refractivity contribution in [3.05, 3.63) is 60.4 Å². The quantitative estimate of drug-likeness (QED) is 0.753. The molecule has 8 heteroatoms. The fraction of sp³-hybridized carbons (Fsp3) is 0.0625. The van der Waals surface area contributed by atoms with E-state index in [0.717, 1.165) is 0 Å². The Morgan fingerprint density at radius 1 is 1.00 bits per heavy atom. The Morgan fingerprint density at radius 2 is 1.75 bits per heavy atom. The fourth-order valence-electron chi connectivity index (χ4n) is 2.29. The molecule has 3 rings (SSSR count). The molecule has 122 valence electrons. The lowest BCUT2D eigenvalue weighted by molar-refractivity contribution is 0.0964. The van der Waals surface area contributed by atoms with Gasteiger partial charge in [0.15, 0.2) is 0 Å². The first-order valence-electron chi connectivity index (χ1n) is 7.06. The number of fused-ring (bicyclic) bond motifs is 1. The first-order chi connectivity index (χ1) is 11.5. The molecule has 3 aromatic rings. The zero-order valence-electron chi connectivity index (χ0n) is 12.7. The number of hydrogen-bond acceptors (Lipinski definition) is 5. The molecule has 0 bridgehead atoms. The Kier molecular flexibility index (Phi) is 4.13. The number of nitrogens with one attached hydrogen (secondary N) is 2. The van der Waals surface area contributed by atoms with Crippen molar-refractivity contribution in [3.8, 4) is 0 Å². The molecule has 0 aliphatic carbocycles. The van der Waals surface area contributed by atoms with E-state index in [1.165, 1.54) is 31.6 Å². The van der Waals surface area contributed by atoms with Crippen LogP contribution in [0.2, 0.25) is 0 Å². The molecule has 0 aliphatic heterocycles. The van der Waals surface area contributed by atoms with Crippen molar-refractivity contribution in [1.82, 2.24) is 15.3 Å². The normalized spacial score (nSPS) is 11.2. The Bertz CT molecular complexity index is 1010. The van der Waals surface area contributed by atoms with Crippen LogP contribution in [0.25, 0.3) is 11.0 Å². The lowest BCUT2D eigenvalue weighted by Gasteiger charge is -2.12. The molecule has 0 saturated heterocycles. The van der Waals surface area contributed by atoms with Gasteiger partial charge >= 0.3 is 0 Å². The van der Waals surface area contributed by atoms with Crippen LogP contribution in [-0.4, -0.2) is 31.3 Å². The van der Waals surface area contributed by atoms with Gasteiger partial charge in [0.25, 0.3) is 15.9 Å². The number of amides is 1. The summed E-state index contributed by atoms with van der Waals surface area (Å²) in [5.41, 5.74) is 1.16. The van der Waals surface area contributed by atoms with E-state index in [0.29, 0.717) is 5.52 Å². The van der Waals surface area contributed by atoms with E-state index in [4.69, 9.17) is 0 Å². The summed E-state index contributed by atoms with van der Waals surface area (Å²) in [6.45, 7) is 0. The van der Waals surface area contributed by atoms with Crippen LogP contribution in [0.3, 0.4) is 0 Å². The van der Waals surface area contributed by atoms with Gasteiger partial charge in [-0.05, 0) is 24.3 Å². The molecule has 0 unspecified atom stereocenters. The van der Waals surface area contributed by atoms with E-state index in [1.54, 1.807) is 30.3 Å². The second-order valence-corrected chi connectivity index (χ2v) is 6.56. The van der Waals surface area contributed by atoms with Crippen molar-refractivity contribution < 1.29 is 13.2 Å². The summed E-state index contributed by atoms with van der Waals surface area (Å²) in [5.74, 6) is -0.383. The number of hydrogen-bond donors (Lipinski definition) is 2. The molecular weight excluding hydrogens is 328 g/mol. The first-order valence-corrected chi connectivity index (χ1v) is 8.55. The van der Waals surface area contributed by atoms with Crippen molar-refractivity contribution in [2.45, 2.75) is 4.90 Å². The van der Waals surface area contributed by atoms with Crippen molar-refractivity contribution in [3.63, 3.8) is 0 Å². The standard InChI is InChI=1S/C16H14N4O3S/c1-17-16(21)11-5-2-3-6-12(11)20-24(22,23)14-8-4-7-13-15(14)19-10-9-18-13/h2-10,20H,1H3,(H,17,21). The van der Waals surface area contributed by atoms with Gasteiger partial charge in [0.2, 0.25) is 0 Å². The van der Waals surface area contributed by atoms with Crippen molar-refractivity contribution in [2.75, 3.05) is 11.8 Å². The van der Waals surface area contributed by atoms with Crippen LogP contribution in [0.15, 0.2) is 59.8 Å². The van der Waals surface area contributed by atoms with E-state index in [2.05, 4.69) is 20.0 Å². The lowest BCUT2D eigenvalue weighted by Crippen LogP contribution is -2.21. The van der Waals surface area contributed by atoms with Gasteiger partial charge in [0, 0.05) is 19.4 Å². The maximum atomic E-state index is 12.8. The monoisotopic (exact) mass is 342 g/mol. The maximum absolute atomic E-state index is 12.8. The Labute approximate surface area is 138 Å². The van der Waals surface area contributed by atoms with Gasteiger partial charge in [0.1, 0.15) is 10.4 Å². The average Bonchev–Trinajstić information content (AvgIpc) is 2.60.